The zero-order valence-corrected chi connectivity index (χ0v) is 12.4. The van der Waals surface area contributed by atoms with Crippen LogP contribution in [0.5, 0.6) is 5.75 Å². The SMILES string of the molecule is COc1cccc(C(C)=NNC(=O)c2ccc(C)cc2)c1. The first kappa shape index (κ1) is 14.8. The molecule has 0 aromatic heterocycles. The molecule has 0 saturated heterocycles. The van der Waals surface area contributed by atoms with E-state index < -0.39 is 0 Å². The van der Waals surface area contributed by atoms with E-state index in [1.165, 1.54) is 0 Å². The van der Waals surface area contributed by atoms with Crippen LogP contribution >= 0.6 is 0 Å². The van der Waals surface area contributed by atoms with Crippen molar-refractivity contribution in [3.63, 3.8) is 0 Å². The fraction of sp³-hybridized carbons (Fsp3) is 0.176. The van der Waals surface area contributed by atoms with Crippen molar-refractivity contribution in [3.8, 4) is 5.75 Å². The van der Waals surface area contributed by atoms with Crippen LogP contribution in [-0.4, -0.2) is 18.7 Å². The smallest absolute Gasteiger partial charge is 0.271 e. The minimum atomic E-state index is -0.225. The lowest BCUT2D eigenvalue weighted by molar-refractivity contribution is 0.0955. The van der Waals surface area contributed by atoms with E-state index in [4.69, 9.17) is 4.74 Å². The van der Waals surface area contributed by atoms with Crippen molar-refractivity contribution in [2.75, 3.05) is 7.11 Å². The molecule has 0 unspecified atom stereocenters. The maximum Gasteiger partial charge on any atom is 0.271 e. The second-order valence-corrected chi connectivity index (χ2v) is 4.74. The number of carbonyl (C=O) groups is 1. The Labute approximate surface area is 124 Å². The Morgan fingerprint density at radius 1 is 1.10 bits per heavy atom. The highest BCUT2D eigenvalue weighted by atomic mass is 16.5. The molecule has 0 bridgehead atoms. The molecule has 0 radical (unpaired) electrons. The second-order valence-electron chi connectivity index (χ2n) is 4.74. The van der Waals surface area contributed by atoms with Crippen LogP contribution in [0.25, 0.3) is 0 Å². The average molecular weight is 282 g/mol. The van der Waals surface area contributed by atoms with Gasteiger partial charge in [-0.15, -0.1) is 0 Å². The molecular weight excluding hydrogens is 264 g/mol. The number of nitrogens with zero attached hydrogens (tertiary/aromatic N) is 1. The van der Waals surface area contributed by atoms with Crippen LogP contribution < -0.4 is 10.2 Å². The van der Waals surface area contributed by atoms with Crippen molar-refractivity contribution in [3.05, 3.63) is 65.2 Å². The molecule has 4 heteroatoms. The van der Waals surface area contributed by atoms with Gasteiger partial charge < -0.3 is 4.74 Å². The highest BCUT2D eigenvalue weighted by molar-refractivity contribution is 6.01. The second kappa shape index (κ2) is 6.70. The van der Waals surface area contributed by atoms with Crippen molar-refractivity contribution >= 4 is 11.6 Å². The van der Waals surface area contributed by atoms with Gasteiger partial charge >= 0.3 is 0 Å². The Hall–Kier alpha value is -2.62. The summed E-state index contributed by atoms with van der Waals surface area (Å²) >= 11 is 0. The molecule has 1 amide bonds. The summed E-state index contributed by atoms with van der Waals surface area (Å²) in [4.78, 5) is 12.0. The number of aryl methyl sites for hydroxylation is 1. The first-order valence-electron chi connectivity index (χ1n) is 6.66. The van der Waals surface area contributed by atoms with E-state index in [-0.39, 0.29) is 5.91 Å². The topological polar surface area (TPSA) is 50.7 Å². The first-order chi connectivity index (χ1) is 10.1. The Morgan fingerprint density at radius 3 is 2.48 bits per heavy atom. The maximum atomic E-state index is 12.0. The molecule has 0 atom stereocenters. The molecule has 0 fully saturated rings. The van der Waals surface area contributed by atoms with Gasteiger partial charge in [-0.3, -0.25) is 4.79 Å². The van der Waals surface area contributed by atoms with E-state index in [0.717, 1.165) is 22.6 Å². The zero-order valence-electron chi connectivity index (χ0n) is 12.4. The fourth-order valence-corrected chi connectivity index (χ4v) is 1.82. The predicted molar refractivity (Wildman–Crippen MR) is 83.9 cm³/mol. The normalized spacial score (nSPS) is 11.1. The number of rotatable bonds is 4. The number of ether oxygens (including phenoxy) is 1. The molecule has 0 heterocycles. The summed E-state index contributed by atoms with van der Waals surface area (Å²) in [5, 5.41) is 4.13. The van der Waals surface area contributed by atoms with Crippen molar-refractivity contribution in [2.24, 2.45) is 5.10 Å². The van der Waals surface area contributed by atoms with Gasteiger partial charge in [0.05, 0.1) is 12.8 Å². The number of amides is 1. The molecule has 0 aliphatic carbocycles. The maximum absolute atomic E-state index is 12.0. The van der Waals surface area contributed by atoms with Crippen LogP contribution in [0, 0.1) is 6.92 Å². The van der Waals surface area contributed by atoms with Gasteiger partial charge in [0.25, 0.3) is 5.91 Å². The highest BCUT2D eigenvalue weighted by Crippen LogP contribution is 2.13. The van der Waals surface area contributed by atoms with Gasteiger partial charge in [-0.1, -0.05) is 29.8 Å². The van der Waals surface area contributed by atoms with Crippen LogP contribution in [0.2, 0.25) is 0 Å². The van der Waals surface area contributed by atoms with Crippen LogP contribution in [0.1, 0.15) is 28.4 Å². The van der Waals surface area contributed by atoms with Crippen LogP contribution in [-0.2, 0) is 0 Å². The Bertz CT molecular complexity index is 661. The lowest BCUT2D eigenvalue weighted by Crippen LogP contribution is -2.19. The fourth-order valence-electron chi connectivity index (χ4n) is 1.82. The molecule has 0 aliphatic heterocycles. The van der Waals surface area contributed by atoms with E-state index in [9.17, 15) is 4.79 Å². The van der Waals surface area contributed by atoms with Gasteiger partial charge in [0.2, 0.25) is 0 Å². The molecule has 0 aliphatic rings. The number of hydrazone groups is 1. The molecule has 4 nitrogen and oxygen atoms in total. The van der Waals surface area contributed by atoms with Crippen molar-refractivity contribution in [2.45, 2.75) is 13.8 Å². The van der Waals surface area contributed by atoms with Crippen LogP contribution in [0.4, 0.5) is 0 Å². The van der Waals surface area contributed by atoms with Crippen molar-refractivity contribution < 1.29 is 9.53 Å². The Balaban J connectivity index is 2.09. The number of hydrogen-bond donors (Lipinski definition) is 1. The molecule has 21 heavy (non-hydrogen) atoms. The van der Waals surface area contributed by atoms with E-state index in [0.29, 0.717) is 5.56 Å². The van der Waals surface area contributed by atoms with Gasteiger partial charge in [0.15, 0.2) is 0 Å². The van der Waals surface area contributed by atoms with Crippen molar-refractivity contribution in [1.82, 2.24) is 5.43 Å². The molecular formula is C17H18N2O2. The summed E-state index contributed by atoms with van der Waals surface area (Å²) in [5.74, 6) is 0.532. The molecule has 0 saturated carbocycles. The van der Waals surface area contributed by atoms with Crippen LogP contribution in [0.3, 0.4) is 0 Å². The lowest BCUT2D eigenvalue weighted by atomic mass is 10.1. The quantitative estimate of drug-likeness (QED) is 0.691. The van der Waals surface area contributed by atoms with Gasteiger partial charge in [-0.25, -0.2) is 5.43 Å². The van der Waals surface area contributed by atoms with E-state index in [1.54, 1.807) is 19.2 Å². The third kappa shape index (κ3) is 3.92. The summed E-state index contributed by atoms with van der Waals surface area (Å²) in [6.45, 7) is 3.82. The average Bonchev–Trinajstić information content (AvgIpc) is 2.53. The molecule has 108 valence electrons. The molecule has 2 rings (SSSR count). The molecule has 2 aromatic rings. The van der Waals surface area contributed by atoms with Gasteiger partial charge in [0, 0.05) is 11.1 Å². The molecule has 0 spiro atoms. The first-order valence-corrected chi connectivity index (χ1v) is 6.66. The standard InChI is InChI=1S/C17H18N2O2/c1-12-7-9-14(10-8-12)17(20)19-18-13(2)15-5-4-6-16(11-15)21-3/h4-11H,1-3H3,(H,19,20). The largest absolute Gasteiger partial charge is 0.497 e. The monoisotopic (exact) mass is 282 g/mol. The minimum Gasteiger partial charge on any atom is -0.497 e. The lowest BCUT2D eigenvalue weighted by Gasteiger charge is -2.05. The van der Waals surface area contributed by atoms with Gasteiger partial charge in [-0.2, -0.15) is 5.10 Å². The predicted octanol–water partition coefficient (Wildman–Crippen LogP) is 3.16. The third-order valence-corrected chi connectivity index (χ3v) is 3.13. The third-order valence-electron chi connectivity index (χ3n) is 3.13. The molecule has 1 N–H and O–H groups in total. The van der Waals surface area contributed by atoms with Gasteiger partial charge in [0.1, 0.15) is 5.75 Å². The summed E-state index contributed by atoms with van der Waals surface area (Å²) in [6.07, 6.45) is 0. The Morgan fingerprint density at radius 2 is 1.81 bits per heavy atom. The summed E-state index contributed by atoms with van der Waals surface area (Å²) < 4.78 is 5.17. The van der Waals surface area contributed by atoms with E-state index in [2.05, 4.69) is 10.5 Å². The molecule has 2 aromatic carbocycles. The Kier molecular flexibility index (Phi) is 4.72. The number of benzene rings is 2. The van der Waals surface area contributed by atoms with Crippen molar-refractivity contribution in [1.29, 1.82) is 0 Å². The summed E-state index contributed by atoms with van der Waals surface area (Å²) in [5.41, 5.74) is 5.88. The highest BCUT2D eigenvalue weighted by Gasteiger charge is 2.05. The zero-order chi connectivity index (χ0) is 15.2. The van der Waals surface area contributed by atoms with Crippen LogP contribution in [0.15, 0.2) is 53.6 Å². The van der Waals surface area contributed by atoms with E-state index in [1.807, 2.05) is 50.2 Å². The number of hydrogen-bond acceptors (Lipinski definition) is 3. The number of methoxy groups -OCH3 is 1. The minimum absolute atomic E-state index is 0.225. The number of nitrogens with one attached hydrogen (secondary N) is 1. The number of carbonyl (C=O) groups excluding carboxylic acids is 1. The summed E-state index contributed by atoms with van der Waals surface area (Å²) in [6, 6.07) is 14.9. The van der Waals surface area contributed by atoms with Gasteiger partial charge in [-0.05, 0) is 38.1 Å². The van der Waals surface area contributed by atoms with E-state index >= 15 is 0 Å². The summed E-state index contributed by atoms with van der Waals surface area (Å²) in [7, 11) is 1.62.